The number of aromatic nitrogens is 4. The zero-order valence-electron chi connectivity index (χ0n) is 22.1. The molecule has 2 N–H and O–H groups in total. The van der Waals surface area contributed by atoms with Crippen LogP contribution in [0.15, 0.2) is 72.5 Å². The average Bonchev–Trinajstić information content (AvgIpc) is 2.97. The molecule has 0 spiro atoms. The van der Waals surface area contributed by atoms with Gasteiger partial charge in [0.25, 0.3) is 15.9 Å². The highest BCUT2D eigenvalue weighted by atomic mass is 32.2. The first-order valence-corrected chi connectivity index (χ1v) is 13.2. The molecular weight excluding hydrogens is 536 g/mol. The molecule has 0 aliphatic rings. The summed E-state index contributed by atoms with van der Waals surface area (Å²) in [5, 5.41) is 7.67. The first-order valence-electron chi connectivity index (χ1n) is 11.7. The predicted molar refractivity (Wildman–Crippen MR) is 148 cm³/mol. The molecule has 3 heterocycles. The van der Waals surface area contributed by atoms with Crippen molar-refractivity contribution in [3.05, 3.63) is 78.8 Å². The summed E-state index contributed by atoms with van der Waals surface area (Å²) in [6.45, 7) is 5.63. The van der Waals surface area contributed by atoms with E-state index in [1.807, 2.05) is 0 Å². The molecule has 206 valence electrons. The van der Waals surface area contributed by atoms with E-state index in [-0.39, 0.29) is 45.6 Å². The van der Waals surface area contributed by atoms with Crippen molar-refractivity contribution >= 4 is 27.3 Å². The summed E-state index contributed by atoms with van der Waals surface area (Å²) in [5.41, 5.74) is 2.07. The normalized spacial score (nSPS) is 10.9. The van der Waals surface area contributed by atoms with Crippen LogP contribution in [0, 0.1) is 5.41 Å². The van der Waals surface area contributed by atoms with Gasteiger partial charge in [0.15, 0.2) is 28.2 Å². The minimum atomic E-state index is -4.25. The number of hydrogen-bond acceptors (Lipinski definition) is 11. The molecule has 12 nitrogen and oxygen atoms in total. The maximum absolute atomic E-state index is 13.4. The van der Waals surface area contributed by atoms with Gasteiger partial charge in [0, 0.05) is 18.0 Å². The Morgan fingerprint density at radius 2 is 1.73 bits per heavy atom. The van der Waals surface area contributed by atoms with Gasteiger partial charge in [0.2, 0.25) is 11.6 Å². The first-order chi connectivity index (χ1) is 19.2. The highest BCUT2D eigenvalue weighted by molar-refractivity contribution is 7.92. The Labute approximate surface area is 231 Å². The van der Waals surface area contributed by atoms with Crippen molar-refractivity contribution in [1.82, 2.24) is 19.9 Å². The zero-order valence-corrected chi connectivity index (χ0v) is 22.9. The van der Waals surface area contributed by atoms with Crippen molar-refractivity contribution in [3.8, 4) is 34.5 Å². The third-order valence-corrected chi connectivity index (χ3v) is 6.75. The third-order valence-electron chi connectivity index (χ3n) is 5.50. The fourth-order valence-electron chi connectivity index (χ4n) is 3.44. The van der Waals surface area contributed by atoms with Crippen LogP contribution in [0.5, 0.6) is 23.1 Å². The molecule has 40 heavy (non-hydrogen) atoms. The van der Waals surface area contributed by atoms with Crippen LogP contribution in [0.1, 0.15) is 18.2 Å². The summed E-state index contributed by atoms with van der Waals surface area (Å²) in [5.74, 6) is 0.144. The Balaban J connectivity index is 1.87. The summed E-state index contributed by atoms with van der Waals surface area (Å²) in [6.07, 6.45) is 2.86. The van der Waals surface area contributed by atoms with E-state index < -0.39 is 10.0 Å². The minimum absolute atomic E-state index is 0.0695. The Hall–Kier alpha value is -5.04. The van der Waals surface area contributed by atoms with Gasteiger partial charge >= 0.3 is 0 Å². The van der Waals surface area contributed by atoms with Crippen LogP contribution >= 0.6 is 0 Å². The second-order valence-corrected chi connectivity index (χ2v) is 9.85. The molecule has 0 unspecified atom stereocenters. The van der Waals surface area contributed by atoms with E-state index in [9.17, 15) is 8.42 Å². The summed E-state index contributed by atoms with van der Waals surface area (Å²) >= 11 is 0. The van der Waals surface area contributed by atoms with Gasteiger partial charge in [-0.05, 0) is 48.4 Å². The number of pyridine rings is 2. The van der Waals surface area contributed by atoms with Gasteiger partial charge in [-0.3, -0.25) is 15.1 Å². The standard InChI is InChI=1S/C27H26N6O6S/c1-16(2)18-10-11-22(30-15-18)40(34,35)33-26-23(39-21-9-7-6-8-20(21)36-3)27(38-5)32-25(31-26)17-12-13-29-19(14-17)24(28)37-4/h6-15,28H,1H2,2-5H3,(H,31,32,33). The Bertz CT molecular complexity index is 1680. The number of para-hydroxylation sites is 2. The summed E-state index contributed by atoms with van der Waals surface area (Å²) in [7, 11) is -0.0680. The van der Waals surface area contributed by atoms with Crippen LogP contribution in [0.2, 0.25) is 0 Å². The van der Waals surface area contributed by atoms with Gasteiger partial charge < -0.3 is 18.9 Å². The van der Waals surface area contributed by atoms with E-state index in [0.717, 1.165) is 5.57 Å². The Morgan fingerprint density at radius 1 is 0.975 bits per heavy atom. The van der Waals surface area contributed by atoms with Crippen LogP contribution < -0.4 is 18.9 Å². The van der Waals surface area contributed by atoms with E-state index in [1.54, 1.807) is 43.3 Å². The Morgan fingerprint density at radius 3 is 2.35 bits per heavy atom. The molecule has 0 radical (unpaired) electrons. The van der Waals surface area contributed by atoms with E-state index in [1.165, 1.54) is 45.9 Å². The summed E-state index contributed by atoms with van der Waals surface area (Å²) < 4.78 is 51.1. The highest BCUT2D eigenvalue weighted by Gasteiger charge is 2.26. The molecule has 0 amide bonds. The predicted octanol–water partition coefficient (Wildman–Crippen LogP) is 4.55. The molecule has 3 aromatic heterocycles. The number of anilines is 1. The lowest BCUT2D eigenvalue weighted by atomic mass is 10.2. The number of rotatable bonds is 10. The van der Waals surface area contributed by atoms with Crippen LogP contribution in [0.3, 0.4) is 0 Å². The zero-order chi connectivity index (χ0) is 28.9. The molecular formula is C27H26N6O6S. The largest absolute Gasteiger partial charge is 0.493 e. The van der Waals surface area contributed by atoms with E-state index in [0.29, 0.717) is 16.9 Å². The number of nitrogens with one attached hydrogen (secondary N) is 2. The number of sulfonamides is 1. The van der Waals surface area contributed by atoms with Crippen LogP contribution in [-0.4, -0.2) is 55.6 Å². The minimum Gasteiger partial charge on any atom is -0.493 e. The molecule has 0 fully saturated rings. The fraction of sp³-hybridized carbons (Fsp3) is 0.148. The van der Waals surface area contributed by atoms with E-state index in [2.05, 4.69) is 31.2 Å². The maximum atomic E-state index is 13.4. The highest BCUT2D eigenvalue weighted by Crippen LogP contribution is 2.41. The first kappa shape index (κ1) is 28.0. The summed E-state index contributed by atoms with van der Waals surface area (Å²) in [4.78, 5) is 17.1. The molecule has 0 aliphatic carbocycles. The van der Waals surface area contributed by atoms with Crippen molar-refractivity contribution in [1.29, 1.82) is 5.41 Å². The molecule has 13 heteroatoms. The number of hydrogen-bond donors (Lipinski definition) is 2. The van der Waals surface area contributed by atoms with Crippen molar-refractivity contribution in [2.24, 2.45) is 0 Å². The lowest BCUT2D eigenvalue weighted by Crippen LogP contribution is -2.17. The van der Waals surface area contributed by atoms with Crippen molar-refractivity contribution in [2.45, 2.75) is 11.9 Å². The monoisotopic (exact) mass is 562 g/mol. The second kappa shape index (κ2) is 11.8. The lowest BCUT2D eigenvalue weighted by Gasteiger charge is -2.17. The van der Waals surface area contributed by atoms with Gasteiger partial charge in [-0.2, -0.15) is 13.4 Å². The smallest absolute Gasteiger partial charge is 0.280 e. The van der Waals surface area contributed by atoms with Crippen molar-refractivity contribution in [2.75, 3.05) is 26.1 Å². The molecule has 0 atom stereocenters. The van der Waals surface area contributed by atoms with E-state index >= 15 is 0 Å². The maximum Gasteiger partial charge on any atom is 0.280 e. The quantitative estimate of drug-likeness (QED) is 0.207. The van der Waals surface area contributed by atoms with Gasteiger partial charge in [-0.15, -0.1) is 0 Å². The molecule has 0 bridgehead atoms. The molecule has 4 aromatic rings. The second-order valence-electron chi connectivity index (χ2n) is 8.22. The number of methoxy groups -OCH3 is 3. The molecule has 0 saturated carbocycles. The molecule has 0 aliphatic heterocycles. The van der Waals surface area contributed by atoms with Gasteiger partial charge in [0.05, 0.1) is 21.3 Å². The van der Waals surface area contributed by atoms with Crippen LogP contribution in [0.4, 0.5) is 5.82 Å². The fourth-order valence-corrected chi connectivity index (χ4v) is 4.38. The van der Waals surface area contributed by atoms with Gasteiger partial charge in [0.1, 0.15) is 5.69 Å². The van der Waals surface area contributed by atoms with Crippen LogP contribution in [0.25, 0.3) is 17.0 Å². The third kappa shape index (κ3) is 5.99. The van der Waals surface area contributed by atoms with Crippen molar-refractivity contribution in [3.63, 3.8) is 0 Å². The van der Waals surface area contributed by atoms with Gasteiger partial charge in [-0.1, -0.05) is 24.8 Å². The van der Waals surface area contributed by atoms with Crippen molar-refractivity contribution < 1.29 is 27.4 Å². The molecule has 4 rings (SSSR count). The van der Waals surface area contributed by atoms with E-state index in [4.69, 9.17) is 24.4 Å². The number of allylic oxidation sites excluding steroid dienone is 1. The number of ether oxygens (including phenoxy) is 4. The Kier molecular flexibility index (Phi) is 8.24. The summed E-state index contributed by atoms with van der Waals surface area (Å²) in [6, 6.07) is 12.9. The SMILES string of the molecule is C=C(C)c1ccc(S(=O)(=O)Nc2nc(-c3ccnc(C(=N)OC)c3)nc(OC)c2Oc2ccccc2OC)nc1. The number of nitrogens with zero attached hydrogens (tertiary/aromatic N) is 4. The molecule has 0 saturated heterocycles. The lowest BCUT2D eigenvalue weighted by molar-refractivity contribution is 0.348. The van der Waals surface area contributed by atoms with Crippen LogP contribution in [-0.2, 0) is 14.8 Å². The molecule has 1 aromatic carbocycles. The number of benzene rings is 1. The topological polar surface area (TPSA) is 158 Å². The van der Waals surface area contributed by atoms with Gasteiger partial charge in [-0.25, -0.2) is 9.97 Å². The average molecular weight is 563 g/mol.